The van der Waals surface area contributed by atoms with Crippen molar-refractivity contribution in [2.24, 2.45) is 0 Å². The molecule has 5 rings (SSSR count). The number of rotatable bonds is 11. The number of aromatic hydroxyl groups is 2. The largest absolute Gasteiger partial charge is 0.504 e. The van der Waals surface area contributed by atoms with Gasteiger partial charge in [0, 0.05) is 18.6 Å². The van der Waals surface area contributed by atoms with Crippen molar-refractivity contribution in [3.05, 3.63) is 120 Å². The lowest BCUT2D eigenvalue weighted by atomic mass is 10.1. The molecule has 0 saturated carbocycles. The molecule has 0 saturated heterocycles. The van der Waals surface area contributed by atoms with Gasteiger partial charge in [0.1, 0.15) is 23.0 Å². The van der Waals surface area contributed by atoms with Crippen LogP contribution < -0.4 is 18.9 Å². The molecule has 0 amide bonds. The second-order valence-electron chi connectivity index (χ2n) is 11.0. The van der Waals surface area contributed by atoms with Crippen LogP contribution >= 0.6 is 63.7 Å². The Balaban J connectivity index is 0.000000251. The van der Waals surface area contributed by atoms with Crippen LogP contribution in [0.15, 0.2) is 103 Å². The lowest BCUT2D eigenvalue weighted by molar-refractivity contribution is -0.138. The van der Waals surface area contributed by atoms with Crippen LogP contribution in [0.5, 0.6) is 51.7 Å². The average Bonchev–Trinajstić information content (AvgIpc) is 3.05. The molecule has 0 aromatic heterocycles. The van der Waals surface area contributed by atoms with Crippen LogP contribution in [0.2, 0.25) is 0 Å². The van der Waals surface area contributed by atoms with E-state index in [0.29, 0.717) is 52.9 Å². The van der Waals surface area contributed by atoms with Crippen molar-refractivity contribution >= 4 is 75.5 Å². The number of carbonyl (C=O) groups is 2. The maximum atomic E-state index is 12.7. The lowest BCUT2D eigenvalue weighted by Gasteiger charge is -2.14. The number of carboxylic acid groups (broad SMARTS) is 1. The molecule has 3 N–H and O–H groups in total. The zero-order valence-electron chi connectivity index (χ0n) is 27.4. The number of ether oxygens (including phenoxy) is 4. The van der Waals surface area contributed by atoms with Crippen molar-refractivity contribution in [2.45, 2.75) is 25.9 Å². The summed E-state index contributed by atoms with van der Waals surface area (Å²) in [5, 5.41) is 28.8. The highest BCUT2D eigenvalue weighted by atomic mass is 79.9. The normalized spacial score (nSPS) is 10.9. The highest BCUT2D eigenvalue weighted by Crippen LogP contribution is 2.42. The van der Waals surface area contributed by atoms with E-state index in [1.165, 1.54) is 31.4 Å². The first kappa shape index (κ1) is 41.5. The Hall–Kier alpha value is -4.25. The summed E-state index contributed by atoms with van der Waals surface area (Å²) in [5.74, 6) is 1.00. The molecule has 0 bridgehead atoms. The van der Waals surface area contributed by atoms with Gasteiger partial charge in [-0.2, -0.15) is 13.2 Å². The first-order chi connectivity index (χ1) is 24.9. The fraction of sp³-hybridized carbons (Fsp3) is 0.135. The number of carboxylic acids is 1. The number of methoxy groups -OCH3 is 1. The van der Waals surface area contributed by atoms with Gasteiger partial charge in [0.15, 0.2) is 34.5 Å². The molecular weight excluding hydrogens is 965 g/mol. The average molecular weight is 992 g/mol. The maximum absolute atomic E-state index is 12.7. The summed E-state index contributed by atoms with van der Waals surface area (Å²) in [6.45, 7) is 1.55. The zero-order valence-corrected chi connectivity index (χ0v) is 33.8. The number of alkyl halides is 3. The summed E-state index contributed by atoms with van der Waals surface area (Å²) < 4.78 is 62.6. The van der Waals surface area contributed by atoms with Gasteiger partial charge in [-0.3, -0.25) is 9.59 Å². The Labute approximate surface area is 334 Å². The van der Waals surface area contributed by atoms with Crippen molar-refractivity contribution in [1.82, 2.24) is 0 Å². The molecule has 53 heavy (non-hydrogen) atoms. The van der Waals surface area contributed by atoms with Crippen LogP contribution in [-0.4, -0.2) is 34.2 Å². The highest BCUT2D eigenvalue weighted by Gasteiger charge is 2.30. The Morgan fingerprint density at radius 2 is 1.09 bits per heavy atom. The number of phenolic OH excluding ortho intramolecular Hbond substituents is 2. The molecule has 0 spiro atoms. The second kappa shape index (κ2) is 18.2. The number of Topliss-reactive ketones (excluding diaryl/α,β-unsaturated/α-hetero) is 1. The van der Waals surface area contributed by atoms with Crippen LogP contribution in [0, 0.1) is 0 Å². The number of benzene rings is 5. The summed E-state index contributed by atoms with van der Waals surface area (Å²) in [4.78, 5) is 22.1. The summed E-state index contributed by atoms with van der Waals surface area (Å²) >= 11 is 13.5. The van der Waals surface area contributed by atoms with Gasteiger partial charge in [-0.1, -0.05) is 0 Å². The molecule has 0 aliphatic carbocycles. The molecule has 0 radical (unpaired) electrons. The van der Waals surface area contributed by atoms with Gasteiger partial charge in [0.25, 0.3) is 0 Å². The zero-order chi connectivity index (χ0) is 39.0. The predicted octanol–water partition coefficient (Wildman–Crippen LogP) is 12.0. The molecule has 5 aromatic carbocycles. The first-order valence-corrected chi connectivity index (χ1v) is 18.2. The van der Waals surface area contributed by atoms with E-state index >= 15 is 0 Å². The minimum atomic E-state index is -4.46. The highest BCUT2D eigenvalue weighted by molar-refractivity contribution is 9.11. The summed E-state index contributed by atoms with van der Waals surface area (Å²) in [6, 6.07) is 19.9. The second-order valence-corrected chi connectivity index (χ2v) is 14.4. The fourth-order valence-corrected chi connectivity index (χ4v) is 7.42. The lowest BCUT2D eigenvalue weighted by Crippen LogP contribution is -2.04. The van der Waals surface area contributed by atoms with Gasteiger partial charge in [-0.05, 0) is 155 Å². The monoisotopic (exact) mass is 988 g/mol. The fourth-order valence-electron chi connectivity index (χ4n) is 4.53. The molecule has 9 nitrogen and oxygen atoms in total. The molecule has 0 atom stereocenters. The van der Waals surface area contributed by atoms with Gasteiger partial charge in [0.2, 0.25) is 0 Å². The van der Waals surface area contributed by atoms with Crippen molar-refractivity contribution < 1.29 is 57.0 Å². The van der Waals surface area contributed by atoms with E-state index in [1.54, 1.807) is 31.2 Å². The number of phenols is 2. The Morgan fingerprint density at radius 3 is 1.55 bits per heavy atom. The third kappa shape index (κ3) is 11.9. The van der Waals surface area contributed by atoms with Crippen molar-refractivity contribution in [3.63, 3.8) is 0 Å². The topological polar surface area (TPSA) is 132 Å². The van der Waals surface area contributed by atoms with Crippen LogP contribution in [0.4, 0.5) is 13.2 Å². The quantitative estimate of drug-likeness (QED) is 0.118. The summed E-state index contributed by atoms with van der Waals surface area (Å²) in [5.41, 5.74) is 0.619. The third-order valence-corrected chi connectivity index (χ3v) is 9.21. The Bertz CT molecular complexity index is 2080. The molecule has 278 valence electrons. The SMILES string of the molecule is COc1ccc(Oc2c(Br)cc(CC(C)=O)cc2Br)cc1O.O=C(O)Cc1cc(Br)c(Oc2ccc(O)c(Oc3ccc(C(F)(F)F)cc3)c2)c(Br)c1. The number of ketones is 1. The van der Waals surface area contributed by atoms with E-state index in [4.69, 9.17) is 24.1 Å². The van der Waals surface area contributed by atoms with Crippen molar-refractivity contribution in [2.75, 3.05) is 7.11 Å². The third-order valence-electron chi connectivity index (χ3n) is 6.86. The number of halogens is 7. The summed E-state index contributed by atoms with van der Waals surface area (Å²) in [7, 11) is 1.48. The molecule has 0 unspecified atom stereocenters. The first-order valence-electron chi connectivity index (χ1n) is 15.0. The standard InChI is InChI=1S/C21H13Br2F3O5.C16H14Br2O4/c22-15-7-11(9-19(28)29)8-16(23)20(15)31-14-5-6-17(27)18(10-14)30-13-3-1-12(2-4-13)21(24,25)26;1-9(19)5-10-6-12(17)16(13(18)7-10)22-11-3-4-15(21-2)14(20)8-11/h1-8,10,27H,9H2,(H,28,29);3-4,6-8,20H,5H2,1-2H3. The van der Waals surface area contributed by atoms with E-state index in [-0.39, 0.29) is 41.0 Å². The van der Waals surface area contributed by atoms with Crippen molar-refractivity contribution in [1.29, 1.82) is 0 Å². The van der Waals surface area contributed by atoms with E-state index in [1.807, 2.05) is 12.1 Å². The Morgan fingerprint density at radius 1 is 0.623 bits per heavy atom. The van der Waals surface area contributed by atoms with E-state index in [2.05, 4.69) is 63.7 Å². The maximum Gasteiger partial charge on any atom is 0.416 e. The van der Waals surface area contributed by atoms with Crippen LogP contribution in [-0.2, 0) is 28.6 Å². The van der Waals surface area contributed by atoms with E-state index in [9.17, 15) is 33.0 Å². The van der Waals surface area contributed by atoms with Gasteiger partial charge < -0.3 is 34.3 Å². The van der Waals surface area contributed by atoms with Gasteiger partial charge in [0.05, 0.1) is 37.0 Å². The van der Waals surface area contributed by atoms with Gasteiger partial charge in [-0.15, -0.1) is 0 Å². The molecule has 0 heterocycles. The molecule has 0 fully saturated rings. The minimum absolute atomic E-state index is 0.000412. The van der Waals surface area contributed by atoms with Gasteiger partial charge >= 0.3 is 12.1 Å². The molecule has 0 aliphatic heterocycles. The Kier molecular flexibility index (Phi) is 14.2. The number of hydrogen-bond acceptors (Lipinski definition) is 8. The minimum Gasteiger partial charge on any atom is -0.504 e. The van der Waals surface area contributed by atoms with Crippen LogP contribution in [0.25, 0.3) is 0 Å². The molecule has 16 heteroatoms. The molecular formula is C37H27Br4F3O9. The van der Waals surface area contributed by atoms with Crippen molar-refractivity contribution in [3.8, 4) is 51.7 Å². The van der Waals surface area contributed by atoms with Crippen LogP contribution in [0.3, 0.4) is 0 Å². The smallest absolute Gasteiger partial charge is 0.416 e. The van der Waals surface area contributed by atoms with E-state index < -0.39 is 17.7 Å². The molecule has 0 aliphatic rings. The molecule has 5 aromatic rings. The van der Waals surface area contributed by atoms with E-state index in [0.717, 1.165) is 29.8 Å². The number of carbonyl (C=O) groups excluding carboxylic acids is 1. The number of hydrogen-bond donors (Lipinski definition) is 3. The number of aliphatic carboxylic acids is 1. The summed E-state index contributed by atoms with van der Waals surface area (Å²) in [6.07, 6.45) is -4.27. The van der Waals surface area contributed by atoms with Gasteiger partial charge in [-0.25, -0.2) is 0 Å². The van der Waals surface area contributed by atoms with Crippen LogP contribution in [0.1, 0.15) is 23.6 Å². The predicted molar refractivity (Wildman–Crippen MR) is 204 cm³/mol.